The highest BCUT2D eigenvalue weighted by Gasteiger charge is 2.06. The number of nitrogens with zero attached hydrogens (tertiary/aromatic N) is 3. The summed E-state index contributed by atoms with van der Waals surface area (Å²) in [5.41, 5.74) is 0. The highest BCUT2D eigenvalue weighted by molar-refractivity contribution is 5.75. The van der Waals surface area contributed by atoms with E-state index in [1.165, 1.54) is 0 Å². The van der Waals surface area contributed by atoms with Gasteiger partial charge < -0.3 is 10.2 Å². The van der Waals surface area contributed by atoms with Gasteiger partial charge in [-0.25, -0.2) is 0 Å². The van der Waals surface area contributed by atoms with Crippen molar-refractivity contribution < 1.29 is 4.79 Å². The minimum Gasteiger partial charge on any atom is -0.368 e. The number of carbonyl (C=O) groups excluding carboxylic acids is 1. The third-order valence-electron chi connectivity index (χ3n) is 2.13. The van der Waals surface area contributed by atoms with Crippen LogP contribution in [0.4, 0.5) is 5.82 Å². The second-order valence-electron chi connectivity index (χ2n) is 4.46. The molecule has 0 unspecified atom stereocenters. The van der Waals surface area contributed by atoms with E-state index in [1.54, 1.807) is 23.7 Å². The first-order valence-corrected chi connectivity index (χ1v) is 5.46. The SMILES string of the molecule is CC(C)CNc1ccn(CC(=O)N(C)C)n1. The van der Waals surface area contributed by atoms with Gasteiger partial charge in [-0.2, -0.15) is 5.10 Å². The van der Waals surface area contributed by atoms with Crippen molar-refractivity contribution >= 4 is 11.7 Å². The standard InChI is InChI=1S/C11H20N4O/c1-9(2)7-12-10-5-6-15(13-10)8-11(16)14(3)4/h5-6,9H,7-8H2,1-4H3,(H,12,13). The molecule has 0 radical (unpaired) electrons. The van der Waals surface area contributed by atoms with Gasteiger partial charge in [-0.1, -0.05) is 13.8 Å². The van der Waals surface area contributed by atoms with Crippen molar-refractivity contribution in [2.45, 2.75) is 20.4 Å². The quantitative estimate of drug-likeness (QED) is 0.813. The van der Waals surface area contributed by atoms with Crippen LogP contribution in [0.15, 0.2) is 12.3 Å². The van der Waals surface area contributed by atoms with Crippen molar-refractivity contribution in [2.75, 3.05) is 26.0 Å². The zero-order valence-corrected chi connectivity index (χ0v) is 10.4. The zero-order valence-electron chi connectivity index (χ0n) is 10.4. The maximum absolute atomic E-state index is 11.4. The Morgan fingerprint density at radius 2 is 2.25 bits per heavy atom. The van der Waals surface area contributed by atoms with Crippen LogP contribution in [0.2, 0.25) is 0 Å². The number of rotatable bonds is 5. The first kappa shape index (κ1) is 12.5. The normalized spacial score (nSPS) is 10.6. The fraction of sp³-hybridized carbons (Fsp3) is 0.636. The molecule has 0 bridgehead atoms. The Morgan fingerprint density at radius 3 is 2.81 bits per heavy atom. The van der Waals surface area contributed by atoms with E-state index in [9.17, 15) is 4.79 Å². The van der Waals surface area contributed by atoms with Gasteiger partial charge in [0.1, 0.15) is 12.4 Å². The molecule has 0 spiro atoms. The van der Waals surface area contributed by atoms with E-state index >= 15 is 0 Å². The summed E-state index contributed by atoms with van der Waals surface area (Å²) in [6.07, 6.45) is 1.81. The Balaban J connectivity index is 2.48. The second-order valence-corrected chi connectivity index (χ2v) is 4.46. The molecular weight excluding hydrogens is 204 g/mol. The molecule has 1 rings (SSSR count). The van der Waals surface area contributed by atoms with Gasteiger partial charge in [0.2, 0.25) is 5.91 Å². The molecule has 90 valence electrons. The Labute approximate surface area is 96.4 Å². The first-order chi connectivity index (χ1) is 7.49. The van der Waals surface area contributed by atoms with Gasteiger partial charge in [-0.15, -0.1) is 0 Å². The van der Waals surface area contributed by atoms with Crippen molar-refractivity contribution in [1.29, 1.82) is 0 Å². The zero-order chi connectivity index (χ0) is 12.1. The lowest BCUT2D eigenvalue weighted by Gasteiger charge is -2.09. The molecule has 0 aliphatic carbocycles. The summed E-state index contributed by atoms with van der Waals surface area (Å²) in [4.78, 5) is 13.0. The molecule has 5 nitrogen and oxygen atoms in total. The van der Waals surface area contributed by atoms with Crippen LogP contribution >= 0.6 is 0 Å². The van der Waals surface area contributed by atoms with Crippen molar-refractivity contribution in [3.63, 3.8) is 0 Å². The van der Waals surface area contributed by atoms with Gasteiger partial charge >= 0.3 is 0 Å². The Morgan fingerprint density at radius 1 is 1.56 bits per heavy atom. The molecule has 1 aromatic rings. The number of hydrogen-bond donors (Lipinski definition) is 1. The Hall–Kier alpha value is -1.52. The van der Waals surface area contributed by atoms with Gasteiger partial charge in [0.05, 0.1) is 0 Å². The largest absolute Gasteiger partial charge is 0.368 e. The maximum Gasteiger partial charge on any atom is 0.243 e. The predicted molar refractivity (Wildman–Crippen MR) is 64.2 cm³/mol. The summed E-state index contributed by atoms with van der Waals surface area (Å²) < 4.78 is 1.64. The van der Waals surface area contributed by atoms with Gasteiger partial charge in [0.25, 0.3) is 0 Å². The van der Waals surface area contributed by atoms with Crippen molar-refractivity contribution in [1.82, 2.24) is 14.7 Å². The van der Waals surface area contributed by atoms with Gasteiger partial charge in [-0.3, -0.25) is 9.48 Å². The molecule has 0 saturated heterocycles. The summed E-state index contributed by atoms with van der Waals surface area (Å²) in [6, 6.07) is 1.88. The van der Waals surface area contributed by atoms with E-state index in [-0.39, 0.29) is 12.5 Å². The van der Waals surface area contributed by atoms with Crippen LogP contribution in [0.25, 0.3) is 0 Å². The third-order valence-corrected chi connectivity index (χ3v) is 2.13. The number of hydrogen-bond acceptors (Lipinski definition) is 3. The number of nitrogens with one attached hydrogen (secondary N) is 1. The van der Waals surface area contributed by atoms with Gasteiger partial charge in [0.15, 0.2) is 0 Å². The van der Waals surface area contributed by atoms with Crippen molar-refractivity contribution in [2.24, 2.45) is 5.92 Å². The number of likely N-dealkylation sites (N-methyl/N-ethyl adjacent to an activating group) is 1. The number of aromatic nitrogens is 2. The van der Waals surface area contributed by atoms with Crippen LogP contribution in [0.1, 0.15) is 13.8 Å². The van der Waals surface area contributed by atoms with E-state index in [1.807, 2.05) is 12.3 Å². The monoisotopic (exact) mass is 224 g/mol. The van der Waals surface area contributed by atoms with E-state index < -0.39 is 0 Å². The van der Waals surface area contributed by atoms with Crippen LogP contribution in [0, 0.1) is 5.92 Å². The lowest BCUT2D eigenvalue weighted by molar-refractivity contribution is -0.129. The van der Waals surface area contributed by atoms with E-state index in [4.69, 9.17) is 0 Å². The van der Waals surface area contributed by atoms with Gasteiger partial charge in [0, 0.05) is 32.9 Å². The molecule has 0 aliphatic heterocycles. The Bertz CT molecular complexity index is 344. The highest BCUT2D eigenvalue weighted by atomic mass is 16.2. The average Bonchev–Trinajstić information content (AvgIpc) is 2.62. The molecule has 0 aromatic carbocycles. The van der Waals surface area contributed by atoms with Crippen molar-refractivity contribution in [3.05, 3.63) is 12.3 Å². The van der Waals surface area contributed by atoms with Crippen LogP contribution < -0.4 is 5.32 Å². The molecular formula is C11H20N4O. The van der Waals surface area contributed by atoms with E-state index in [0.29, 0.717) is 5.92 Å². The lowest BCUT2D eigenvalue weighted by atomic mass is 10.2. The van der Waals surface area contributed by atoms with E-state index in [0.717, 1.165) is 12.4 Å². The predicted octanol–water partition coefficient (Wildman–Crippen LogP) is 1.04. The summed E-state index contributed by atoms with van der Waals surface area (Å²) in [6.45, 7) is 5.45. The van der Waals surface area contributed by atoms with Crippen LogP contribution in [0.3, 0.4) is 0 Å². The summed E-state index contributed by atoms with van der Waals surface area (Å²) in [7, 11) is 3.48. The van der Waals surface area contributed by atoms with Crippen LogP contribution in [0.5, 0.6) is 0 Å². The van der Waals surface area contributed by atoms with Crippen molar-refractivity contribution in [3.8, 4) is 0 Å². The minimum atomic E-state index is 0.0403. The molecule has 0 aliphatic rings. The number of anilines is 1. The summed E-state index contributed by atoms with van der Waals surface area (Å²) >= 11 is 0. The lowest BCUT2D eigenvalue weighted by Crippen LogP contribution is -2.26. The molecule has 1 N–H and O–H groups in total. The molecule has 1 heterocycles. The molecule has 0 atom stereocenters. The number of amides is 1. The third kappa shape index (κ3) is 3.92. The molecule has 1 aromatic heterocycles. The second kappa shape index (κ2) is 5.53. The highest BCUT2D eigenvalue weighted by Crippen LogP contribution is 2.04. The number of carbonyl (C=O) groups is 1. The van der Waals surface area contributed by atoms with Crippen LogP contribution in [-0.4, -0.2) is 41.2 Å². The average molecular weight is 224 g/mol. The fourth-order valence-corrected chi connectivity index (χ4v) is 1.13. The summed E-state index contributed by atoms with van der Waals surface area (Å²) in [5.74, 6) is 1.44. The minimum absolute atomic E-state index is 0.0403. The first-order valence-electron chi connectivity index (χ1n) is 5.46. The van der Waals surface area contributed by atoms with Gasteiger partial charge in [-0.05, 0) is 5.92 Å². The molecule has 0 fully saturated rings. The van der Waals surface area contributed by atoms with E-state index in [2.05, 4.69) is 24.3 Å². The van der Waals surface area contributed by atoms with Crippen LogP contribution in [-0.2, 0) is 11.3 Å². The fourth-order valence-electron chi connectivity index (χ4n) is 1.13. The smallest absolute Gasteiger partial charge is 0.243 e. The topological polar surface area (TPSA) is 50.2 Å². The molecule has 5 heteroatoms. The summed E-state index contributed by atoms with van der Waals surface area (Å²) in [5, 5.41) is 7.47. The maximum atomic E-state index is 11.4. The molecule has 16 heavy (non-hydrogen) atoms. The molecule has 1 amide bonds. The Kier molecular flexibility index (Phi) is 4.34. The molecule has 0 saturated carbocycles.